The van der Waals surface area contributed by atoms with Crippen molar-refractivity contribution in [2.24, 2.45) is 5.41 Å². The Morgan fingerprint density at radius 2 is 2.09 bits per heavy atom. The van der Waals surface area contributed by atoms with Crippen molar-refractivity contribution >= 4 is 5.82 Å². The molecule has 1 aromatic heterocycles. The van der Waals surface area contributed by atoms with Crippen LogP contribution in [0.2, 0.25) is 0 Å². The van der Waals surface area contributed by atoms with Crippen molar-refractivity contribution in [1.29, 1.82) is 0 Å². The molecule has 1 aromatic rings. The van der Waals surface area contributed by atoms with E-state index in [4.69, 9.17) is 4.74 Å². The van der Waals surface area contributed by atoms with Gasteiger partial charge in [-0.1, -0.05) is 6.42 Å². The minimum atomic E-state index is -4.51. The van der Waals surface area contributed by atoms with Gasteiger partial charge in [-0.3, -0.25) is 0 Å². The fourth-order valence-corrected chi connectivity index (χ4v) is 3.96. The molecule has 1 saturated carbocycles. The Morgan fingerprint density at radius 3 is 2.82 bits per heavy atom. The number of hydrogen-bond acceptors (Lipinski definition) is 4. The van der Waals surface area contributed by atoms with Crippen molar-refractivity contribution in [3.63, 3.8) is 0 Å². The van der Waals surface area contributed by atoms with Crippen molar-refractivity contribution in [3.8, 4) is 0 Å². The molecule has 122 valence electrons. The number of methoxy groups -OCH3 is 1. The summed E-state index contributed by atoms with van der Waals surface area (Å²) in [6, 6.07) is 1.56. The van der Waals surface area contributed by atoms with Gasteiger partial charge in [-0.2, -0.15) is 13.2 Å². The first-order valence-corrected chi connectivity index (χ1v) is 7.63. The van der Waals surface area contributed by atoms with Crippen LogP contribution in [0.4, 0.5) is 19.0 Å². The minimum Gasteiger partial charge on any atom is -0.381 e. The van der Waals surface area contributed by atoms with Crippen LogP contribution < -0.4 is 4.90 Å². The molecule has 2 fully saturated rings. The van der Waals surface area contributed by atoms with Gasteiger partial charge in [0.05, 0.1) is 6.10 Å². The highest BCUT2D eigenvalue weighted by Crippen LogP contribution is 2.47. The molecule has 1 spiro atoms. The lowest BCUT2D eigenvalue weighted by atomic mass is 9.76. The molecule has 22 heavy (non-hydrogen) atoms. The highest BCUT2D eigenvalue weighted by molar-refractivity contribution is 5.39. The summed E-state index contributed by atoms with van der Waals surface area (Å²) >= 11 is 0. The first-order chi connectivity index (χ1) is 10.4. The minimum absolute atomic E-state index is 0.0519. The molecule has 0 N–H and O–H groups in total. The average Bonchev–Trinajstić information content (AvgIpc) is 2.88. The molecular weight excluding hydrogens is 295 g/mol. The van der Waals surface area contributed by atoms with Gasteiger partial charge in [-0.05, 0) is 31.7 Å². The van der Waals surface area contributed by atoms with Gasteiger partial charge >= 0.3 is 6.18 Å². The largest absolute Gasteiger partial charge is 0.451 e. The summed E-state index contributed by atoms with van der Waals surface area (Å²) in [7, 11) is 1.73. The van der Waals surface area contributed by atoms with E-state index in [0.717, 1.165) is 38.6 Å². The van der Waals surface area contributed by atoms with Crippen molar-refractivity contribution in [1.82, 2.24) is 9.97 Å². The standard InChI is InChI=1S/C15H20F3N3O/c1-22-11-4-2-6-14(11)7-3-9-21(10-14)12-5-8-19-13(20-12)15(16,17)18/h5,8,11H,2-4,6-7,9-10H2,1H3/t11-,14-/m1/s1. The van der Waals surface area contributed by atoms with E-state index in [1.165, 1.54) is 6.20 Å². The molecule has 0 amide bonds. The van der Waals surface area contributed by atoms with Crippen molar-refractivity contribution in [3.05, 3.63) is 18.1 Å². The zero-order chi connectivity index (χ0) is 15.8. The van der Waals surface area contributed by atoms with Gasteiger partial charge in [0, 0.05) is 31.8 Å². The van der Waals surface area contributed by atoms with Crippen LogP contribution in [0.1, 0.15) is 37.9 Å². The van der Waals surface area contributed by atoms with Gasteiger partial charge in [0.2, 0.25) is 5.82 Å². The molecular formula is C15H20F3N3O. The molecule has 4 nitrogen and oxygen atoms in total. The molecule has 1 aliphatic heterocycles. The smallest absolute Gasteiger partial charge is 0.381 e. The summed E-state index contributed by atoms with van der Waals surface area (Å²) in [5.41, 5.74) is 0.0519. The van der Waals surface area contributed by atoms with Gasteiger partial charge < -0.3 is 9.64 Å². The number of ether oxygens (including phenoxy) is 1. The molecule has 7 heteroatoms. The van der Waals surface area contributed by atoms with Crippen molar-refractivity contribution < 1.29 is 17.9 Å². The highest BCUT2D eigenvalue weighted by atomic mass is 19.4. The van der Waals surface area contributed by atoms with Crippen molar-refractivity contribution in [2.75, 3.05) is 25.1 Å². The molecule has 0 unspecified atom stereocenters. The van der Waals surface area contributed by atoms with E-state index in [2.05, 4.69) is 9.97 Å². The Morgan fingerprint density at radius 1 is 1.32 bits per heavy atom. The first kappa shape index (κ1) is 15.5. The summed E-state index contributed by atoms with van der Waals surface area (Å²) in [4.78, 5) is 9.02. The SMILES string of the molecule is CO[C@@H]1CCC[C@]12CCCN(c1ccnc(C(F)(F)F)n1)C2. The Hall–Kier alpha value is -1.37. The number of piperidine rings is 1. The van der Waals surface area contributed by atoms with E-state index in [1.807, 2.05) is 4.90 Å². The lowest BCUT2D eigenvalue weighted by Crippen LogP contribution is -2.48. The second kappa shape index (κ2) is 5.68. The van der Waals surface area contributed by atoms with Crippen LogP contribution in [0, 0.1) is 5.41 Å². The molecule has 0 bridgehead atoms. The van der Waals surface area contributed by atoms with Crippen LogP contribution in [-0.4, -0.2) is 36.3 Å². The van der Waals surface area contributed by atoms with Crippen LogP contribution >= 0.6 is 0 Å². The molecule has 2 aliphatic rings. The number of anilines is 1. The maximum atomic E-state index is 12.8. The quantitative estimate of drug-likeness (QED) is 0.839. The number of alkyl halides is 3. The van der Waals surface area contributed by atoms with Crippen LogP contribution in [-0.2, 0) is 10.9 Å². The van der Waals surface area contributed by atoms with Gasteiger partial charge in [0.15, 0.2) is 0 Å². The fraction of sp³-hybridized carbons (Fsp3) is 0.733. The van der Waals surface area contributed by atoms with E-state index in [9.17, 15) is 13.2 Å². The van der Waals surface area contributed by atoms with Crippen molar-refractivity contribution in [2.45, 2.75) is 44.4 Å². The third-order valence-electron chi connectivity index (χ3n) is 4.94. The summed E-state index contributed by atoms with van der Waals surface area (Å²) < 4.78 is 44.0. The zero-order valence-corrected chi connectivity index (χ0v) is 12.6. The Balaban J connectivity index is 1.83. The molecule has 1 saturated heterocycles. The molecule has 1 aliphatic carbocycles. The Labute approximate surface area is 127 Å². The number of nitrogens with zero attached hydrogens (tertiary/aromatic N) is 3. The second-order valence-corrected chi connectivity index (χ2v) is 6.24. The van der Waals surface area contributed by atoms with Crippen LogP contribution in [0.15, 0.2) is 12.3 Å². The fourth-order valence-electron chi connectivity index (χ4n) is 3.96. The van der Waals surface area contributed by atoms with Gasteiger partial charge in [-0.25, -0.2) is 9.97 Å². The van der Waals surface area contributed by atoms with E-state index in [-0.39, 0.29) is 11.5 Å². The van der Waals surface area contributed by atoms with Gasteiger partial charge in [0.25, 0.3) is 0 Å². The van der Waals surface area contributed by atoms with E-state index >= 15 is 0 Å². The monoisotopic (exact) mass is 315 g/mol. The summed E-state index contributed by atoms with van der Waals surface area (Å²) in [5.74, 6) is -0.706. The normalized spacial score (nSPS) is 29.3. The molecule has 0 aromatic carbocycles. The Kier molecular flexibility index (Phi) is 4.01. The number of halogens is 3. The number of hydrogen-bond donors (Lipinski definition) is 0. The summed E-state index contributed by atoms with van der Waals surface area (Å²) in [6.07, 6.45) is 2.11. The second-order valence-electron chi connectivity index (χ2n) is 6.24. The summed E-state index contributed by atoms with van der Waals surface area (Å²) in [5, 5.41) is 0. The number of rotatable bonds is 2. The van der Waals surface area contributed by atoms with E-state index in [1.54, 1.807) is 13.2 Å². The predicted octanol–water partition coefficient (Wildman–Crippen LogP) is 3.28. The Bertz CT molecular complexity index is 537. The first-order valence-electron chi connectivity index (χ1n) is 7.63. The molecule has 0 radical (unpaired) electrons. The molecule has 2 heterocycles. The third-order valence-corrected chi connectivity index (χ3v) is 4.94. The van der Waals surface area contributed by atoms with Gasteiger partial charge in [0.1, 0.15) is 5.82 Å². The van der Waals surface area contributed by atoms with Gasteiger partial charge in [-0.15, -0.1) is 0 Å². The predicted molar refractivity (Wildman–Crippen MR) is 75.6 cm³/mol. The van der Waals surface area contributed by atoms with Crippen LogP contribution in [0.3, 0.4) is 0 Å². The van der Waals surface area contributed by atoms with E-state index < -0.39 is 12.0 Å². The zero-order valence-electron chi connectivity index (χ0n) is 12.6. The average molecular weight is 315 g/mol. The maximum absolute atomic E-state index is 12.8. The maximum Gasteiger partial charge on any atom is 0.451 e. The summed E-state index contributed by atoms with van der Waals surface area (Å²) in [6.45, 7) is 1.44. The number of aromatic nitrogens is 2. The lowest BCUT2D eigenvalue weighted by Gasteiger charge is -2.44. The van der Waals surface area contributed by atoms with E-state index in [0.29, 0.717) is 12.4 Å². The van der Waals surface area contributed by atoms with Crippen LogP contribution in [0.5, 0.6) is 0 Å². The third kappa shape index (κ3) is 2.78. The highest BCUT2D eigenvalue weighted by Gasteiger charge is 2.46. The lowest BCUT2D eigenvalue weighted by molar-refractivity contribution is -0.144. The van der Waals surface area contributed by atoms with Crippen LogP contribution in [0.25, 0.3) is 0 Å². The topological polar surface area (TPSA) is 38.2 Å². The molecule has 2 atom stereocenters. The molecule has 3 rings (SSSR count).